The second kappa shape index (κ2) is 8.41. The van der Waals surface area contributed by atoms with Gasteiger partial charge in [-0.05, 0) is 49.2 Å². The number of benzene rings is 1. The molecule has 27 heavy (non-hydrogen) atoms. The van der Waals surface area contributed by atoms with Crippen LogP contribution >= 0.6 is 11.3 Å². The molecule has 1 aliphatic rings. The third-order valence-electron chi connectivity index (χ3n) is 4.62. The molecule has 3 rings (SSSR count). The van der Waals surface area contributed by atoms with Gasteiger partial charge in [0.25, 0.3) is 15.9 Å². The molecule has 1 aromatic carbocycles. The number of hydrogen-bond donors (Lipinski definition) is 1. The zero-order chi connectivity index (χ0) is 19.4. The van der Waals surface area contributed by atoms with E-state index in [2.05, 4.69) is 5.32 Å². The molecule has 146 valence electrons. The Bertz CT molecular complexity index is 883. The van der Waals surface area contributed by atoms with E-state index in [1.165, 1.54) is 11.3 Å². The maximum Gasteiger partial charge on any atom is 0.252 e. The van der Waals surface area contributed by atoms with Crippen LogP contribution < -0.4 is 10.2 Å². The van der Waals surface area contributed by atoms with Crippen molar-refractivity contribution in [2.75, 3.05) is 32.1 Å². The molecule has 1 aromatic heterocycles. The van der Waals surface area contributed by atoms with Gasteiger partial charge in [0.05, 0.1) is 6.54 Å². The minimum atomic E-state index is -3.41. The van der Waals surface area contributed by atoms with Crippen LogP contribution in [0.15, 0.2) is 40.6 Å². The SMILES string of the molecule is CN(C)c1ccc(C(=O)NCc2ccc(S(=O)(=O)N3CCCCC3)s2)cc1. The van der Waals surface area contributed by atoms with Gasteiger partial charge in [-0.25, -0.2) is 8.42 Å². The molecule has 0 saturated carbocycles. The number of nitrogens with one attached hydrogen (secondary N) is 1. The highest BCUT2D eigenvalue weighted by Gasteiger charge is 2.27. The van der Waals surface area contributed by atoms with Crippen LogP contribution in [0.3, 0.4) is 0 Å². The first-order chi connectivity index (χ1) is 12.9. The Morgan fingerprint density at radius 2 is 1.74 bits per heavy atom. The van der Waals surface area contributed by atoms with E-state index in [0.29, 0.717) is 29.4 Å². The van der Waals surface area contributed by atoms with E-state index in [-0.39, 0.29) is 5.91 Å². The molecule has 2 heterocycles. The van der Waals surface area contributed by atoms with Crippen molar-refractivity contribution in [3.05, 3.63) is 46.8 Å². The lowest BCUT2D eigenvalue weighted by atomic mass is 10.2. The maximum atomic E-state index is 12.7. The van der Waals surface area contributed by atoms with Gasteiger partial charge in [-0.2, -0.15) is 4.31 Å². The Balaban J connectivity index is 1.61. The summed E-state index contributed by atoms with van der Waals surface area (Å²) < 4.78 is 27.3. The van der Waals surface area contributed by atoms with E-state index in [1.54, 1.807) is 28.6 Å². The standard InChI is InChI=1S/C19H25N3O3S2/c1-21(2)16-8-6-15(7-9-16)19(23)20-14-17-10-11-18(26-17)27(24,25)22-12-4-3-5-13-22/h6-11H,3-5,12-14H2,1-2H3,(H,20,23). The highest BCUT2D eigenvalue weighted by atomic mass is 32.2. The molecule has 1 N–H and O–H groups in total. The molecule has 0 radical (unpaired) electrons. The molecule has 2 aromatic rings. The fourth-order valence-corrected chi connectivity index (χ4v) is 5.97. The number of sulfonamides is 1. The number of anilines is 1. The molecule has 1 aliphatic heterocycles. The first-order valence-electron chi connectivity index (χ1n) is 9.02. The highest BCUT2D eigenvalue weighted by Crippen LogP contribution is 2.27. The highest BCUT2D eigenvalue weighted by molar-refractivity contribution is 7.91. The molecular weight excluding hydrogens is 382 g/mol. The minimum Gasteiger partial charge on any atom is -0.378 e. The second-order valence-electron chi connectivity index (χ2n) is 6.81. The van der Waals surface area contributed by atoms with Crippen LogP contribution in [0, 0.1) is 0 Å². The van der Waals surface area contributed by atoms with Crippen molar-refractivity contribution in [3.63, 3.8) is 0 Å². The summed E-state index contributed by atoms with van der Waals surface area (Å²) in [5.74, 6) is -0.172. The zero-order valence-corrected chi connectivity index (χ0v) is 17.3. The Morgan fingerprint density at radius 1 is 1.07 bits per heavy atom. The summed E-state index contributed by atoms with van der Waals surface area (Å²) in [5.41, 5.74) is 1.61. The lowest BCUT2D eigenvalue weighted by Gasteiger charge is -2.25. The first-order valence-corrected chi connectivity index (χ1v) is 11.3. The average Bonchev–Trinajstić information content (AvgIpc) is 3.17. The van der Waals surface area contributed by atoms with Crippen LogP contribution in [0.5, 0.6) is 0 Å². The van der Waals surface area contributed by atoms with Crippen molar-refractivity contribution in [1.29, 1.82) is 0 Å². The van der Waals surface area contributed by atoms with Crippen LogP contribution in [0.2, 0.25) is 0 Å². The van der Waals surface area contributed by atoms with E-state index in [9.17, 15) is 13.2 Å². The molecule has 1 fully saturated rings. The number of rotatable bonds is 6. The molecule has 1 amide bonds. The summed E-state index contributed by atoms with van der Waals surface area (Å²) in [6.45, 7) is 1.50. The maximum absolute atomic E-state index is 12.7. The Kier molecular flexibility index (Phi) is 6.18. The van der Waals surface area contributed by atoms with Crippen molar-refractivity contribution in [1.82, 2.24) is 9.62 Å². The van der Waals surface area contributed by atoms with Gasteiger partial charge >= 0.3 is 0 Å². The summed E-state index contributed by atoms with van der Waals surface area (Å²) >= 11 is 1.23. The van der Waals surface area contributed by atoms with E-state index in [4.69, 9.17) is 0 Å². The van der Waals surface area contributed by atoms with Crippen LogP contribution in [0.1, 0.15) is 34.5 Å². The molecule has 6 nitrogen and oxygen atoms in total. The molecule has 0 aliphatic carbocycles. The van der Waals surface area contributed by atoms with Gasteiger partial charge in [0.15, 0.2) is 0 Å². The molecule has 1 saturated heterocycles. The molecule has 0 atom stereocenters. The number of nitrogens with zero attached hydrogens (tertiary/aromatic N) is 2. The molecule has 0 bridgehead atoms. The zero-order valence-electron chi connectivity index (χ0n) is 15.6. The number of carbonyl (C=O) groups is 1. The van der Waals surface area contributed by atoms with E-state index in [1.807, 2.05) is 31.1 Å². The topological polar surface area (TPSA) is 69.7 Å². The first kappa shape index (κ1) is 19.9. The van der Waals surface area contributed by atoms with Crippen molar-refractivity contribution in [2.45, 2.75) is 30.0 Å². The van der Waals surface area contributed by atoms with Crippen molar-refractivity contribution >= 4 is 33.0 Å². The average molecular weight is 408 g/mol. The fourth-order valence-electron chi connectivity index (χ4n) is 3.00. The van der Waals surface area contributed by atoms with Crippen LogP contribution in [0.4, 0.5) is 5.69 Å². The minimum absolute atomic E-state index is 0.172. The summed E-state index contributed by atoms with van der Waals surface area (Å²) in [5, 5.41) is 2.86. The van der Waals surface area contributed by atoms with Crippen LogP contribution in [-0.2, 0) is 16.6 Å². The smallest absolute Gasteiger partial charge is 0.252 e. The van der Waals surface area contributed by atoms with E-state index >= 15 is 0 Å². The largest absolute Gasteiger partial charge is 0.378 e. The van der Waals surface area contributed by atoms with Gasteiger partial charge < -0.3 is 10.2 Å². The summed E-state index contributed by atoms with van der Waals surface area (Å²) in [6, 6.07) is 10.8. The third kappa shape index (κ3) is 4.69. The van der Waals surface area contributed by atoms with Gasteiger partial charge in [0, 0.05) is 43.3 Å². The normalized spacial score (nSPS) is 15.5. The quantitative estimate of drug-likeness (QED) is 0.799. The molecular formula is C19H25N3O3S2. The van der Waals surface area contributed by atoms with Gasteiger partial charge in [-0.3, -0.25) is 4.79 Å². The molecule has 8 heteroatoms. The van der Waals surface area contributed by atoms with Crippen LogP contribution in [-0.4, -0.2) is 45.8 Å². The predicted molar refractivity (Wildman–Crippen MR) is 109 cm³/mol. The van der Waals surface area contributed by atoms with Gasteiger partial charge in [-0.15, -0.1) is 11.3 Å². The van der Waals surface area contributed by atoms with E-state index < -0.39 is 10.0 Å². The van der Waals surface area contributed by atoms with Crippen molar-refractivity contribution < 1.29 is 13.2 Å². The third-order valence-corrected chi connectivity index (χ3v) is 8.07. The summed E-state index contributed by atoms with van der Waals surface area (Å²) in [4.78, 5) is 15.1. The molecule has 0 unspecified atom stereocenters. The lowest BCUT2D eigenvalue weighted by molar-refractivity contribution is 0.0951. The summed E-state index contributed by atoms with van der Waals surface area (Å²) in [6.07, 6.45) is 2.92. The Hall–Kier alpha value is -1.90. The van der Waals surface area contributed by atoms with Gasteiger partial charge in [0.1, 0.15) is 4.21 Å². The van der Waals surface area contributed by atoms with Crippen molar-refractivity contribution in [3.8, 4) is 0 Å². The van der Waals surface area contributed by atoms with Crippen LogP contribution in [0.25, 0.3) is 0 Å². The fraction of sp³-hybridized carbons (Fsp3) is 0.421. The number of piperidine rings is 1. The monoisotopic (exact) mass is 407 g/mol. The van der Waals surface area contributed by atoms with Crippen molar-refractivity contribution in [2.24, 2.45) is 0 Å². The van der Waals surface area contributed by atoms with Gasteiger partial charge in [0.2, 0.25) is 0 Å². The number of thiophene rings is 1. The Labute approximate surface area is 164 Å². The number of hydrogen-bond acceptors (Lipinski definition) is 5. The number of carbonyl (C=O) groups excluding carboxylic acids is 1. The predicted octanol–water partition coefficient (Wildman–Crippen LogP) is 2.92. The second-order valence-corrected chi connectivity index (χ2v) is 10.1. The lowest BCUT2D eigenvalue weighted by Crippen LogP contribution is -2.35. The van der Waals surface area contributed by atoms with Gasteiger partial charge in [-0.1, -0.05) is 6.42 Å². The number of amides is 1. The van der Waals surface area contributed by atoms with E-state index in [0.717, 1.165) is 29.8 Å². The molecule has 0 spiro atoms. The summed E-state index contributed by atoms with van der Waals surface area (Å²) in [7, 11) is 0.481. The Morgan fingerprint density at radius 3 is 2.37 bits per heavy atom.